The Morgan fingerprint density at radius 3 is 3.00 bits per heavy atom. The molecule has 2 unspecified atom stereocenters. The van der Waals surface area contributed by atoms with E-state index in [2.05, 4.69) is 10.3 Å². The molecule has 0 saturated carbocycles. The van der Waals surface area contributed by atoms with E-state index in [-0.39, 0.29) is 0 Å². The van der Waals surface area contributed by atoms with Gasteiger partial charge in [0, 0.05) is 11.9 Å². The molecule has 0 aliphatic carbocycles. The first-order chi connectivity index (χ1) is 6.25. The van der Waals surface area contributed by atoms with Crippen LogP contribution in [-0.2, 0) is 0 Å². The lowest BCUT2D eigenvalue weighted by molar-refractivity contribution is 0.129. The molecule has 0 bridgehead atoms. The topological polar surface area (TPSA) is 77.0 Å². The number of aliphatic hydroxyl groups is 1. The summed E-state index contributed by atoms with van der Waals surface area (Å²) in [6, 6.07) is 0. The number of hydrogen-bond acceptors (Lipinski definition) is 5. The largest absolute Gasteiger partial charge is 0.389 e. The highest BCUT2D eigenvalue weighted by Crippen LogP contribution is 2.09. The highest BCUT2D eigenvalue weighted by Gasteiger charge is 2.16. The molecule has 13 heavy (non-hydrogen) atoms. The zero-order valence-electron chi connectivity index (χ0n) is 7.50. The Labute approximate surface area is 81.3 Å². The quantitative estimate of drug-likeness (QED) is 0.694. The van der Waals surface area contributed by atoms with Crippen molar-refractivity contribution >= 4 is 11.8 Å². The smallest absolute Gasteiger partial charge is 0.128 e. The summed E-state index contributed by atoms with van der Waals surface area (Å²) in [5.41, 5.74) is 5.72. The van der Waals surface area contributed by atoms with Crippen LogP contribution in [0.5, 0.6) is 0 Å². The van der Waals surface area contributed by atoms with Crippen molar-refractivity contribution in [2.75, 3.05) is 11.5 Å². The Morgan fingerprint density at radius 1 is 1.69 bits per heavy atom. The summed E-state index contributed by atoms with van der Waals surface area (Å²) in [6.07, 6.45) is 2.11. The molecular weight excluding hydrogens is 188 g/mol. The van der Waals surface area contributed by atoms with E-state index in [0.717, 1.165) is 5.75 Å². The third-order valence-corrected chi connectivity index (χ3v) is 2.62. The van der Waals surface area contributed by atoms with Crippen molar-refractivity contribution in [3.05, 3.63) is 12.4 Å². The lowest BCUT2D eigenvalue weighted by Gasteiger charge is -2.17. The van der Waals surface area contributed by atoms with Crippen LogP contribution in [0.25, 0.3) is 0 Å². The number of aromatic nitrogens is 3. The van der Waals surface area contributed by atoms with Gasteiger partial charge in [0.1, 0.15) is 6.17 Å². The summed E-state index contributed by atoms with van der Waals surface area (Å²) >= 11 is 1.65. The first-order valence-electron chi connectivity index (χ1n) is 4.13. The Kier molecular flexibility index (Phi) is 4.20. The third kappa shape index (κ3) is 2.98. The molecule has 1 heterocycles. The lowest BCUT2D eigenvalue weighted by Crippen LogP contribution is -2.33. The number of thioether (sulfide) groups is 1. The number of rotatable bonds is 5. The number of nitrogens with zero attached hydrogens (tertiary/aromatic N) is 3. The molecule has 2 atom stereocenters. The average molecular weight is 202 g/mol. The number of nitrogens with two attached hydrogens (primary N) is 1. The van der Waals surface area contributed by atoms with Crippen molar-refractivity contribution in [2.24, 2.45) is 5.73 Å². The van der Waals surface area contributed by atoms with E-state index in [1.54, 1.807) is 24.2 Å². The van der Waals surface area contributed by atoms with Crippen LogP contribution < -0.4 is 5.73 Å². The van der Waals surface area contributed by atoms with Gasteiger partial charge in [-0.25, -0.2) is 4.68 Å². The van der Waals surface area contributed by atoms with Gasteiger partial charge in [0.15, 0.2) is 0 Å². The molecule has 0 aromatic carbocycles. The van der Waals surface area contributed by atoms with Gasteiger partial charge in [0.2, 0.25) is 0 Å². The minimum Gasteiger partial charge on any atom is -0.389 e. The van der Waals surface area contributed by atoms with Gasteiger partial charge in [0.25, 0.3) is 0 Å². The van der Waals surface area contributed by atoms with Crippen LogP contribution in [0.2, 0.25) is 0 Å². The Bertz CT molecular complexity index is 228. The molecule has 1 aromatic heterocycles. The molecule has 0 amide bonds. The third-order valence-electron chi connectivity index (χ3n) is 1.63. The zero-order chi connectivity index (χ0) is 9.68. The van der Waals surface area contributed by atoms with Crippen LogP contribution in [0.1, 0.15) is 13.1 Å². The van der Waals surface area contributed by atoms with Gasteiger partial charge in [-0.05, 0) is 5.75 Å². The fourth-order valence-corrected chi connectivity index (χ4v) is 1.56. The fraction of sp³-hybridized carbons (Fsp3) is 0.714. The molecular formula is C7H14N4OS. The summed E-state index contributed by atoms with van der Waals surface area (Å²) in [7, 11) is 0. The van der Waals surface area contributed by atoms with Crippen LogP contribution in [0, 0.1) is 0 Å². The van der Waals surface area contributed by atoms with Gasteiger partial charge in [0.05, 0.1) is 12.3 Å². The van der Waals surface area contributed by atoms with E-state index in [0.29, 0.717) is 5.75 Å². The standard InChI is InChI=1S/C7H14N4OS/c1-2-13-5-6(12)7(8)11-4-3-9-10-11/h3-4,6-7,12H,2,5,8H2,1H3. The molecule has 0 radical (unpaired) electrons. The van der Waals surface area contributed by atoms with Gasteiger partial charge >= 0.3 is 0 Å². The lowest BCUT2D eigenvalue weighted by atomic mass is 10.3. The molecule has 74 valence electrons. The summed E-state index contributed by atoms with van der Waals surface area (Å²) in [5.74, 6) is 1.60. The molecule has 3 N–H and O–H groups in total. The molecule has 1 rings (SSSR count). The van der Waals surface area contributed by atoms with Gasteiger partial charge in [-0.3, -0.25) is 0 Å². The van der Waals surface area contributed by atoms with E-state index >= 15 is 0 Å². The molecule has 0 fully saturated rings. The summed E-state index contributed by atoms with van der Waals surface area (Å²) in [4.78, 5) is 0. The molecule has 0 aliphatic rings. The SMILES string of the molecule is CCSCC(O)C(N)n1ccnn1. The zero-order valence-corrected chi connectivity index (χ0v) is 8.31. The maximum atomic E-state index is 9.59. The molecule has 1 aromatic rings. The van der Waals surface area contributed by atoms with Crippen molar-refractivity contribution in [1.29, 1.82) is 0 Å². The van der Waals surface area contributed by atoms with Crippen LogP contribution in [0.4, 0.5) is 0 Å². The number of aliphatic hydroxyl groups excluding tert-OH is 1. The predicted octanol–water partition coefficient (Wildman–Crippen LogP) is -0.151. The highest BCUT2D eigenvalue weighted by molar-refractivity contribution is 7.99. The first kappa shape index (κ1) is 10.5. The van der Waals surface area contributed by atoms with Crippen LogP contribution >= 0.6 is 11.8 Å². The van der Waals surface area contributed by atoms with Crippen molar-refractivity contribution in [3.63, 3.8) is 0 Å². The molecule has 5 nitrogen and oxygen atoms in total. The van der Waals surface area contributed by atoms with Crippen molar-refractivity contribution in [1.82, 2.24) is 15.0 Å². The molecule has 0 aliphatic heterocycles. The average Bonchev–Trinajstić information content (AvgIpc) is 2.65. The second kappa shape index (κ2) is 5.21. The van der Waals surface area contributed by atoms with Gasteiger partial charge < -0.3 is 10.8 Å². The maximum Gasteiger partial charge on any atom is 0.128 e. The summed E-state index contributed by atoms with van der Waals surface area (Å²) in [5, 5.41) is 16.9. The van der Waals surface area contributed by atoms with E-state index in [4.69, 9.17) is 5.73 Å². The highest BCUT2D eigenvalue weighted by atomic mass is 32.2. The Hall–Kier alpha value is -0.590. The van der Waals surface area contributed by atoms with Crippen molar-refractivity contribution in [3.8, 4) is 0 Å². The van der Waals surface area contributed by atoms with E-state index < -0.39 is 12.3 Å². The minimum absolute atomic E-state index is 0.499. The fourth-order valence-electron chi connectivity index (χ4n) is 0.890. The Morgan fingerprint density at radius 2 is 2.46 bits per heavy atom. The van der Waals surface area contributed by atoms with Crippen LogP contribution in [0.3, 0.4) is 0 Å². The minimum atomic E-state index is -0.577. The predicted molar refractivity (Wildman–Crippen MR) is 52.3 cm³/mol. The van der Waals surface area contributed by atoms with E-state index in [9.17, 15) is 5.11 Å². The maximum absolute atomic E-state index is 9.59. The summed E-state index contributed by atoms with van der Waals surface area (Å²) < 4.78 is 1.46. The van der Waals surface area contributed by atoms with Crippen molar-refractivity contribution < 1.29 is 5.11 Å². The van der Waals surface area contributed by atoms with E-state index in [1.165, 1.54) is 4.68 Å². The molecule has 0 saturated heterocycles. The Balaban J connectivity index is 2.43. The number of hydrogen-bond donors (Lipinski definition) is 2. The second-order valence-electron chi connectivity index (χ2n) is 2.60. The van der Waals surface area contributed by atoms with Crippen LogP contribution in [0.15, 0.2) is 12.4 Å². The summed E-state index contributed by atoms with van der Waals surface area (Å²) in [6.45, 7) is 2.04. The van der Waals surface area contributed by atoms with Crippen molar-refractivity contribution in [2.45, 2.75) is 19.2 Å². The van der Waals surface area contributed by atoms with Crippen LogP contribution in [-0.4, -0.2) is 37.7 Å². The molecule has 0 spiro atoms. The second-order valence-corrected chi connectivity index (χ2v) is 3.92. The van der Waals surface area contributed by atoms with Gasteiger partial charge in [-0.2, -0.15) is 11.8 Å². The first-order valence-corrected chi connectivity index (χ1v) is 5.28. The van der Waals surface area contributed by atoms with Gasteiger partial charge in [-0.15, -0.1) is 5.10 Å². The normalized spacial score (nSPS) is 15.6. The van der Waals surface area contributed by atoms with E-state index in [1.807, 2.05) is 6.92 Å². The van der Waals surface area contributed by atoms with Gasteiger partial charge in [-0.1, -0.05) is 12.1 Å². The molecule has 6 heteroatoms. The monoisotopic (exact) mass is 202 g/mol.